The standard InChI is InChI=1S/C13H19ClN2O2/c14-12-8-15-5-2-13(12)16-4-1-6-17-9-11-3-7-18-10-11/h2,5,8,11H,1,3-4,6-7,9-10H2,(H,15,16). The lowest BCUT2D eigenvalue weighted by molar-refractivity contribution is 0.0897. The van der Waals surface area contributed by atoms with Gasteiger partial charge < -0.3 is 14.8 Å². The van der Waals surface area contributed by atoms with Crippen molar-refractivity contribution >= 4 is 17.3 Å². The fraction of sp³-hybridized carbons (Fsp3) is 0.615. The van der Waals surface area contributed by atoms with Crippen LogP contribution in [0.15, 0.2) is 18.5 Å². The van der Waals surface area contributed by atoms with Crippen molar-refractivity contribution in [1.29, 1.82) is 0 Å². The summed E-state index contributed by atoms with van der Waals surface area (Å²) in [7, 11) is 0. The first kappa shape index (κ1) is 13.6. The third-order valence-corrected chi connectivity index (χ3v) is 3.23. The molecule has 0 saturated carbocycles. The molecule has 0 aliphatic carbocycles. The van der Waals surface area contributed by atoms with E-state index < -0.39 is 0 Å². The Morgan fingerprint density at radius 3 is 3.28 bits per heavy atom. The van der Waals surface area contributed by atoms with E-state index >= 15 is 0 Å². The summed E-state index contributed by atoms with van der Waals surface area (Å²) in [4.78, 5) is 3.94. The van der Waals surface area contributed by atoms with E-state index in [2.05, 4.69) is 10.3 Å². The van der Waals surface area contributed by atoms with Gasteiger partial charge in [-0.25, -0.2) is 0 Å². The maximum absolute atomic E-state index is 5.98. The minimum Gasteiger partial charge on any atom is -0.384 e. The smallest absolute Gasteiger partial charge is 0.0820 e. The second-order valence-electron chi connectivity index (χ2n) is 4.44. The number of ether oxygens (including phenoxy) is 2. The molecule has 1 N–H and O–H groups in total. The minimum atomic E-state index is 0.590. The summed E-state index contributed by atoms with van der Waals surface area (Å²) >= 11 is 5.98. The molecule has 1 aliphatic heterocycles. The highest BCUT2D eigenvalue weighted by molar-refractivity contribution is 6.33. The molecule has 0 amide bonds. The molecule has 0 spiro atoms. The largest absolute Gasteiger partial charge is 0.384 e. The maximum atomic E-state index is 5.98. The van der Waals surface area contributed by atoms with E-state index in [1.807, 2.05) is 6.07 Å². The Labute approximate surface area is 113 Å². The number of halogens is 1. The Bertz CT molecular complexity index is 357. The number of rotatable bonds is 7. The number of hydrogen-bond donors (Lipinski definition) is 1. The molecule has 2 heterocycles. The number of anilines is 1. The van der Waals surface area contributed by atoms with Crippen LogP contribution in [-0.4, -0.2) is 38.0 Å². The Kier molecular flexibility index (Phi) is 5.71. The van der Waals surface area contributed by atoms with Crippen molar-refractivity contribution in [3.8, 4) is 0 Å². The number of hydrogen-bond acceptors (Lipinski definition) is 4. The summed E-state index contributed by atoms with van der Waals surface area (Å²) in [5.74, 6) is 0.590. The highest BCUT2D eigenvalue weighted by Gasteiger charge is 2.15. The lowest BCUT2D eigenvalue weighted by Gasteiger charge is -2.10. The Hall–Kier alpha value is -0.840. The summed E-state index contributed by atoms with van der Waals surface area (Å²) in [5.41, 5.74) is 0.927. The van der Waals surface area contributed by atoms with Crippen LogP contribution in [0.2, 0.25) is 5.02 Å². The second-order valence-corrected chi connectivity index (χ2v) is 4.85. The van der Waals surface area contributed by atoms with Gasteiger partial charge in [0, 0.05) is 38.1 Å². The average Bonchev–Trinajstić information content (AvgIpc) is 2.89. The summed E-state index contributed by atoms with van der Waals surface area (Å²) in [5, 5.41) is 3.92. The van der Waals surface area contributed by atoms with Gasteiger partial charge in [-0.2, -0.15) is 0 Å². The normalized spacial score (nSPS) is 19.1. The van der Waals surface area contributed by atoms with Gasteiger partial charge in [-0.1, -0.05) is 11.6 Å². The number of nitrogens with zero attached hydrogens (tertiary/aromatic N) is 1. The Balaban J connectivity index is 1.52. The first-order chi connectivity index (χ1) is 8.86. The van der Waals surface area contributed by atoms with E-state index in [0.717, 1.165) is 51.5 Å². The average molecular weight is 271 g/mol. The zero-order chi connectivity index (χ0) is 12.6. The van der Waals surface area contributed by atoms with Crippen LogP contribution in [-0.2, 0) is 9.47 Å². The molecule has 4 nitrogen and oxygen atoms in total. The summed E-state index contributed by atoms with van der Waals surface area (Å²) in [6.45, 7) is 4.17. The van der Waals surface area contributed by atoms with Crippen molar-refractivity contribution in [3.63, 3.8) is 0 Å². The van der Waals surface area contributed by atoms with Crippen molar-refractivity contribution < 1.29 is 9.47 Å². The number of nitrogens with one attached hydrogen (secondary N) is 1. The van der Waals surface area contributed by atoms with Crippen molar-refractivity contribution in [1.82, 2.24) is 4.98 Å². The van der Waals surface area contributed by atoms with Crippen molar-refractivity contribution in [2.45, 2.75) is 12.8 Å². The topological polar surface area (TPSA) is 43.4 Å². The minimum absolute atomic E-state index is 0.590. The highest BCUT2D eigenvalue weighted by atomic mass is 35.5. The molecule has 0 bridgehead atoms. The first-order valence-corrected chi connectivity index (χ1v) is 6.73. The molecule has 18 heavy (non-hydrogen) atoms. The van der Waals surface area contributed by atoms with Crippen LogP contribution in [0.3, 0.4) is 0 Å². The predicted octanol–water partition coefficient (Wildman–Crippen LogP) is 2.59. The van der Waals surface area contributed by atoms with Gasteiger partial charge in [0.2, 0.25) is 0 Å². The number of aromatic nitrogens is 1. The molecule has 1 aromatic heterocycles. The molecule has 1 saturated heterocycles. The molecule has 0 radical (unpaired) electrons. The van der Waals surface area contributed by atoms with E-state index in [1.165, 1.54) is 0 Å². The van der Waals surface area contributed by atoms with Crippen LogP contribution in [0.1, 0.15) is 12.8 Å². The predicted molar refractivity (Wildman–Crippen MR) is 72.1 cm³/mol. The van der Waals surface area contributed by atoms with Crippen LogP contribution in [0.4, 0.5) is 5.69 Å². The van der Waals surface area contributed by atoms with E-state index in [4.69, 9.17) is 21.1 Å². The fourth-order valence-corrected chi connectivity index (χ4v) is 2.07. The van der Waals surface area contributed by atoms with Gasteiger partial charge >= 0.3 is 0 Å². The van der Waals surface area contributed by atoms with E-state index in [-0.39, 0.29) is 0 Å². The number of pyridine rings is 1. The van der Waals surface area contributed by atoms with Crippen LogP contribution in [0.5, 0.6) is 0 Å². The monoisotopic (exact) mass is 270 g/mol. The quantitative estimate of drug-likeness (QED) is 0.774. The molecule has 1 aliphatic rings. The van der Waals surface area contributed by atoms with Gasteiger partial charge in [-0.15, -0.1) is 0 Å². The zero-order valence-corrected chi connectivity index (χ0v) is 11.2. The third-order valence-electron chi connectivity index (χ3n) is 2.93. The molecule has 5 heteroatoms. The Morgan fingerprint density at radius 2 is 2.50 bits per heavy atom. The second kappa shape index (κ2) is 7.56. The molecule has 1 fully saturated rings. The lowest BCUT2D eigenvalue weighted by atomic mass is 10.1. The van der Waals surface area contributed by atoms with Gasteiger partial charge in [0.1, 0.15) is 0 Å². The molecule has 1 unspecified atom stereocenters. The first-order valence-electron chi connectivity index (χ1n) is 6.35. The van der Waals surface area contributed by atoms with E-state index in [9.17, 15) is 0 Å². The summed E-state index contributed by atoms with van der Waals surface area (Å²) in [6, 6.07) is 1.87. The van der Waals surface area contributed by atoms with Gasteiger partial charge in [0.25, 0.3) is 0 Å². The van der Waals surface area contributed by atoms with Gasteiger partial charge in [-0.05, 0) is 18.9 Å². The van der Waals surface area contributed by atoms with Crippen molar-refractivity contribution in [2.75, 3.05) is 38.3 Å². The zero-order valence-electron chi connectivity index (χ0n) is 10.4. The molecule has 1 aromatic rings. The van der Waals surface area contributed by atoms with Crippen molar-refractivity contribution in [3.05, 3.63) is 23.5 Å². The molecule has 1 atom stereocenters. The van der Waals surface area contributed by atoms with Crippen LogP contribution >= 0.6 is 11.6 Å². The fourth-order valence-electron chi connectivity index (χ4n) is 1.88. The molecule has 0 aromatic carbocycles. The van der Waals surface area contributed by atoms with Gasteiger partial charge in [0.15, 0.2) is 0 Å². The SMILES string of the molecule is Clc1cnccc1NCCCOCC1CCOC1. The molecule has 100 valence electrons. The third kappa shape index (κ3) is 4.44. The molecular weight excluding hydrogens is 252 g/mol. The van der Waals surface area contributed by atoms with Crippen molar-refractivity contribution in [2.24, 2.45) is 5.92 Å². The highest BCUT2D eigenvalue weighted by Crippen LogP contribution is 2.18. The molecular formula is C13H19ClN2O2. The summed E-state index contributed by atoms with van der Waals surface area (Å²) in [6.07, 6.45) is 5.46. The lowest BCUT2D eigenvalue weighted by Crippen LogP contribution is -2.12. The van der Waals surface area contributed by atoms with E-state index in [0.29, 0.717) is 10.9 Å². The van der Waals surface area contributed by atoms with Gasteiger partial charge in [0.05, 0.1) is 23.9 Å². The van der Waals surface area contributed by atoms with Crippen LogP contribution in [0.25, 0.3) is 0 Å². The maximum Gasteiger partial charge on any atom is 0.0820 e. The van der Waals surface area contributed by atoms with Gasteiger partial charge in [-0.3, -0.25) is 4.98 Å². The molecule has 2 rings (SSSR count). The van der Waals surface area contributed by atoms with E-state index in [1.54, 1.807) is 12.4 Å². The Morgan fingerprint density at radius 1 is 1.56 bits per heavy atom. The summed E-state index contributed by atoms with van der Waals surface area (Å²) < 4.78 is 10.9. The van der Waals surface area contributed by atoms with Crippen LogP contribution < -0.4 is 5.32 Å². The van der Waals surface area contributed by atoms with Crippen LogP contribution in [0, 0.1) is 5.92 Å².